The molecule has 0 radical (unpaired) electrons. The number of nitrogen functional groups attached to an aromatic ring is 1. The first kappa shape index (κ1) is 15.0. The van der Waals surface area contributed by atoms with Crippen LogP contribution in [-0.4, -0.2) is 24.1 Å². The lowest BCUT2D eigenvalue weighted by Gasteiger charge is -2.13. The van der Waals surface area contributed by atoms with E-state index in [9.17, 15) is 0 Å². The van der Waals surface area contributed by atoms with Gasteiger partial charge >= 0.3 is 0 Å². The average molecular weight is 382 g/mol. The molecule has 0 saturated carbocycles. The Balaban J connectivity index is 2.41. The van der Waals surface area contributed by atoms with Crippen LogP contribution in [0.5, 0.6) is 0 Å². The molecular formula is C15H19IN4. The fourth-order valence-corrected chi connectivity index (χ4v) is 2.46. The van der Waals surface area contributed by atoms with Gasteiger partial charge in [0.15, 0.2) is 5.82 Å². The Morgan fingerprint density at radius 3 is 2.35 bits per heavy atom. The molecule has 0 atom stereocenters. The van der Waals surface area contributed by atoms with Gasteiger partial charge in [0.05, 0.1) is 9.26 Å². The standard InChI is InChI=1S/C15H19IN4/c1-4-5-12-13(16)14(17)19-15(18-12)10-6-8-11(9-7-10)20(2)3/h6-9H,4-5H2,1-3H3,(H2,17,18,19). The highest BCUT2D eigenvalue weighted by Crippen LogP contribution is 2.24. The second kappa shape index (κ2) is 6.39. The van der Waals surface area contributed by atoms with Crippen molar-refractivity contribution in [2.24, 2.45) is 0 Å². The highest BCUT2D eigenvalue weighted by Gasteiger charge is 2.11. The molecule has 5 heteroatoms. The Morgan fingerprint density at radius 1 is 1.15 bits per heavy atom. The minimum atomic E-state index is 0.565. The van der Waals surface area contributed by atoms with Gasteiger partial charge in [0.25, 0.3) is 0 Å². The third-order valence-corrected chi connectivity index (χ3v) is 4.25. The van der Waals surface area contributed by atoms with Crippen LogP contribution >= 0.6 is 22.6 Å². The first-order valence-corrected chi connectivity index (χ1v) is 7.70. The van der Waals surface area contributed by atoms with Crippen LogP contribution in [0.3, 0.4) is 0 Å². The van der Waals surface area contributed by atoms with E-state index < -0.39 is 0 Å². The SMILES string of the molecule is CCCc1nc(-c2ccc(N(C)C)cc2)nc(N)c1I. The van der Waals surface area contributed by atoms with Gasteiger partial charge in [0, 0.05) is 25.3 Å². The van der Waals surface area contributed by atoms with Gasteiger partial charge in [-0.05, 0) is 53.3 Å². The van der Waals surface area contributed by atoms with Crippen LogP contribution in [-0.2, 0) is 6.42 Å². The summed E-state index contributed by atoms with van der Waals surface area (Å²) >= 11 is 2.22. The van der Waals surface area contributed by atoms with Crippen molar-refractivity contribution in [2.45, 2.75) is 19.8 Å². The first-order chi connectivity index (χ1) is 9.52. The largest absolute Gasteiger partial charge is 0.383 e. The molecule has 1 heterocycles. The molecule has 0 fully saturated rings. The number of anilines is 2. The van der Waals surface area contributed by atoms with E-state index in [4.69, 9.17) is 5.73 Å². The second-order valence-electron chi connectivity index (χ2n) is 4.88. The van der Waals surface area contributed by atoms with E-state index in [-0.39, 0.29) is 0 Å². The minimum Gasteiger partial charge on any atom is -0.383 e. The van der Waals surface area contributed by atoms with Crippen molar-refractivity contribution < 1.29 is 0 Å². The van der Waals surface area contributed by atoms with Crippen LogP contribution < -0.4 is 10.6 Å². The topological polar surface area (TPSA) is 55.0 Å². The Labute approximate surface area is 133 Å². The van der Waals surface area contributed by atoms with Crippen molar-refractivity contribution in [2.75, 3.05) is 24.7 Å². The molecular weight excluding hydrogens is 363 g/mol. The van der Waals surface area contributed by atoms with Crippen LogP contribution in [0.1, 0.15) is 19.0 Å². The fourth-order valence-electron chi connectivity index (χ4n) is 1.95. The maximum Gasteiger partial charge on any atom is 0.161 e. The Morgan fingerprint density at radius 2 is 1.80 bits per heavy atom. The smallest absolute Gasteiger partial charge is 0.161 e. The summed E-state index contributed by atoms with van der Waals surface area (Å²) in [5.74, 6) is 1.27. The van der Waals surface area contributed by atoms with E-state index in [0.29, 0.717) is 11.6 Å². The molecule has 0 amide bonds. The maximum atomic E-state index is 6.00. The number of aryl methyl sites for hydroxylation is 1. The van der Waals surface area contributed by atoms with E-state index in [1.165, 1.54) is 0 Å². The molecule has 1 aromatic heterocycles. The second-order valence-corrected chi connectivity index (χ2v) is 5.96. The van der Waals surface area contributed by atoms with Gasteiger partial charge in [-0.1, -0.05) is 13.3 Å². The number of halogens is 1. The van der Waals surface area contributed by atoms with Crippen LogP contribution in [0, 0.1) is 3.57 Å². The zero-order valence-corrected chi connectivity index (χ0v) is 14.2. The van der Waals surface area contributed by atoms with E-state index >= 15 is 0 Å². The maximum absolute atomic E-state index is 6.00. The van der Waals surface area contributed by atoms with Gasteiger partial charge in [0.2, 0.25) is 0 Å². The monoisotopic (exact) mass is 382 g/mol. The number of rotatable bonds is 4. The van der Waals surface area contributed by atoms with Gasteiger partial charge in [-0.25, -0.2) is 9.97 Å². The molecule has 1 aromatic carbocycles. The molecule has 0 aliphatic heterocycles. The highest BCUT2D eigenvalue weighted by atomic mass is 127. The molecule has 0 saturated heterocycles. The molecule has 0 aliphatic carbocycles. The predicted octanol–water partition coefficient (Wildman–Crippen LogP) is 3.35. The third-order valence-electron chi connectivity index (χ3n) is 3.07. The van der Waals surface area contributed by atoms with Gasteiger partial charge in [-0.3, -0.25) is 0 Å². The van der Waals surface area contributed by atoms with Crippen molar-refractivity contribution in [1.29, 1.82) is 0 Å². The minimum absolute atomic E-state index is 0.565. The number of hydrogen-bond acceptors (Lipinski definition) is 4. The van der Waals surface area contributed by atoms with E-state index in [2.05, 4.69) is 56.5 Å². The Kier molecular flexibility index (Phi) is 4.80. The quantitative estimate of drug-likeness (QED) is 0.825. The van der Waals surface area contributed by atoms with E-state index in [1.807, 2.05) is 26.2 Å². The molecule has 0 spiro atoms. The van der Waals surface area contributed by atoms with Gasteiger partial charge in [-0.2, -0.15) is 0 Å². The lowest BCUT2D eigenvalue weighted by atomic mass is 10.1. The van der Waals surface area contributed by atoms with Crippen molar-refractivity contribution >= 4 is 34.1 Å². The summed E-state index contributed by atoms with van der Waals surface area (Å²) in [4.78, 5) is 11.1. The average Bonchev–Trinajstić information content (AvgIpc) is 2.44. The number of benzene rings is 1. The number of aromatic nitrogens is 2. The Hall–Kier alpha value is -1.37. The highest BCUT2D eigenvalue weighted by molar-refractivity contribution is 14.1. The molecule has 2 rings (SSSR count). The van der Waals surface area contributed by atoms with Crippen LogP contribution in [0.25, 0.3) is 11.4 Å². The number of nitrogens with zero attached hydrogens (tertiary/aromatic N) is 3. The lowest BCUT2D eigenvalue weighted by Crippen LogP contribution is -2.08. The number of nitrogens with two attached hydrogens (primary N) is 1. The molecule has 0 bridgehead atoms. The van der Waals surface area contributed by atoms with Crippen LogP contribution in [0.15, 0.2) is 24.3 Å². The summed E-state index contributed by atoms with van der Waals surface area (Å²) < 4.78 is 0.970. The van der Waals surface area contributed by atoms with E-state index in [0.717, 1.165) is 33.4 Å². The fraction of sp³-hybridized carbons (Fsp3) is 0.333. The van der Waals surface area contributed by atoms with Crippen molar-refractivity contribution in [3.8, 4) is 11.4 Å². The van der Waals surface area contributed by atoms with Crippen molar-refractivity contribution in [1.82, 2.24) is 9.97 Å². The molecule has 0 unspecified atom stereocenters. The van der Waals surface area contributed by atoms with E-state index in [1.54, 1.807) is 0 Å². The molecule has 4 nitrogen and oxygen atoms in total. The third kappa shape index (κ3) is 3.20. The van der Waals surface area contributed by atoms with Crippen molar-refractivity contribution in [3.05, 3.63) is 33.5 Å². The summed E-state index contributed by atoms with van der Waals surface area (Å²) in [6.45, 7) is 2.14. The predicted molar refractivity (Wildman–Crippen MR) is 92.9 cm³/mol. The first-order valence-electron chi connectivity index (χ1n) is 6.62. The zero-order valence-electron chi connectivity index (χ0n) is 12.0. The van der Waals surface area contributed by atoms with Gasteiger partial charge < -0.3 is 10.6 Å². The zero-order chi connectivity index (χ0) is 14.7. The van der Waals surface area contributed by atoms with Gasteiger partial charge in [0.1, 0.15) is 5.82 Å². The molecule has 0 aliphatic rings. The van der Waals surface area contributed by atoms with Crippen molar-refractivity contribution in [3.63, 3.8) is 0 Å². The van der Waals surface area contributed by atoms with Gasteiger partial charge in [-0.15, -0.1) is 0 Å². The summed E-state index contributed by atoms with van der Waals surface area (Å²) in [5, 5.41) is 0. The summed E-state index contributed by atoms with van der Waals surface area (Å²) in [6, 6.07) is 8.19. The lowest BCUT2D eigenvalue weighted by molar-refractivity contribution is 0.869. The summed E-state index contributed by atoms with van der Waals surface area (Å²) in [5.41, 5.74) is 9.18. The molecule has 2 aromatic rings. The molecule has 106 valence electrons. The molecule has 2 N–H and O–H groups in total. The van der Waals surface area contributed by atoms with Crippen LogP contribution in [0.2, 0.25) is 0 Å². The summed E-state index contributed by atoms with van der Waals surface area (Å²) in [6.07, 6.45) is 1.97. The van der Waals surface area contributed by atoms with Crippen LogP contribution in [0.4, 0.5) is 11.5 Å². The Bertz CT molecular complexity index is 594. The normalized spacial score (nSPS) is 10.6. The number of hydrogen-bond donors (Lipinski definition) is 1. The molecule has 20 heavy (non-hydrogen) atoms. The summed E-state index contributed by atoms with van der Waals surface area (Å²) in [7, 11) is 4.04.